The Morgan fingerprint density at radius 3 is 2.68 bits per heavy atom. The number of ether oxygens (including phenoxy) is 2. The smallest absolute Gasteiger partial charge is 0.305 e. The number of unbranched alkanes of at least 4 members (excludes halogenated alkanes) is 5. The van der Waals surface area contributed by atoms with Crippen LogP contribution < -0.4 is 0 Å². The molecular formula is C31H48O6S. The predicted octanol–water partition coefficient (Wildman–Crippen LogP) is 5.67. The number of carbonyl (C=O) groups excluding carboxylic acids is 2. The topological polar surface area (TPSA) is 93.1 Å². The molecule has 2 N–H and O–H groups in total. The summed E-state index contributed by atoms with van der Waals surface area (Å²) in [6, 6.07) is 7.93. The van der Waals surface area contributed by atoms with Crippen LogP contribution in [0.1, 0.15) is 82.3 Å². The van der Waals surface area contributed by atoms with Gasteiger partial charge in [-0.25, -0.2) is 0 Å². The lowest BCUT2D eigenvalue weighted by Gasteiger charge is -2.18. The summed E-state index contributed by atoms with van der Waals surface area (Å²) in [7, 11) is 1.65. The fraction of sp³-hybridized carbons (Fsp3) is 0.677. The summed E-state index contributed by atoms with van der Waals surface area (Å²) < 4.78 is 10.5. The molecule has 0 aliphatic heterocycles. The third-order valence-corrected chi connectivity index (χ3v) is 8.14. The van der Waals surface area contributed by atoms with Crippen molar-refractivity contribution in [1.29, 1.82) is 0 Å². The lowest BCUT2D eigenvalue weighted by Crippen LogP contribution is -2.20. The van der Waals surface area contributed by atoms with Crippen molar-refractivity contribution in [2.75, 3.05) is 25.2 Å². The van der Waals surface area contributed by atoms with E-state index in [0.717, 1.165) is 41.9 Å². The third-order valence-electron chi connectivity index (χ3n) is 7.04. The molecule has 38 heavy (non-hydrogen) atoms. The van der Waals surface area contributed by atoms with Crippen LogP contribution in [0.3, 0.4) is 0 Å². The first-order chi connectivity index (χ1) is 18.4. The van der Waals surface area contributed by atoms with Gasteiger partial charge in [0.1, 0.15) is 5.78 Å². The fourth-order valence-corrected chi connectivity index (χ4v) is 5.92. The highest BCUT2D eigenvalue weighted by molar-refractivity contribution is 7.99. The number of Topliss-reactive ketones (excluding diaryl/α,β-unsaturated/α-hetero) is 1. The van der Waals surface area contributed by atoms with Crippen molar-refractivity contribution in [3.63, 3.8) is 0 Å². The highest BCUT2D eigenvalue weighted by atomic mass is 32.2. The Labute approximate surface area is 233 Å². The molecule has 0 saturated heterocycles. The second-order valence-electron chi connectivity index (χ2n) is 10.3. The lowest BCUT2D eigenvalue weighted by molar-refractivity contribution is -0.143. The Balaban J connectivity index is 1.64. The molecule has 7 heteroatoms. The summed E-state index contributed by atoms with van der Waals surface area (Å²) in [5, 5.41) is 21.0. The zero-order valence-electron chi connectivity index (χ0n) is 23.3. The maximum absolute atomic E-state index is 12.5. The Bertz CT molecular complexity index is 841. The number of hydrogen-bond donors (Lipinski definition) is 2. The number of aliphatic hydroxyl groups excluding tert-OH is 2. The van der Waals surface area contributed by atoms with Gasteiger partial charge in [0.05, 0.1) is 25.4 Å². The summed E-state index contributed by atoms with van der Waals surface area (Å²) in [6.07, 6.45) is 11.7. The second-order valence-corrected chi connectivity index (χ2v) is 11.5. The molecule has 1 aromatic rings. The van der Waals surface area contributed by atoms with Gasteiger partial charge >= 0.3 is 5.97 Å². The van der Waals surface area contributed by atoms with Crippen molar-refractivity contribution < 1.29 is 29.3 Å². The van der Waals surface area contributed by atoms with Crippen LogP contribution in [0.4, 0.5) is 0 Å². The number of rotatable bonds is 20. The van der Waals surface area contributed by atoms with Gasteiger partial charge < -0.3 is 19.7 Å². The lowest BCUT2D eigenvalue weighted by atomic mass is 9.91. The van der Waals surface area contributed by atoms with E-state index in [0.29, 0.717) is 32.5 Å². The fourth-order valence-electron chi connectivity index (χ4n) is 4.94. The third kappa shape index (κ3) is 12.9. The van der Waals surface area contributed by atoms with Gasteiger partial charge in [0.2, 0.25) is 0 Å². The molecular weight excluding hydrogens is 500 g/mol. The molecule has 1 fully saturated rings. The van der Waals surface area contributed by atoms with Crippen LogP contribution in [0.25, 0.3) is 0 Å². The Kier molecular flexibility index (Phi) is 16.6. The minimum atomic E-state index is -0.701. The van der Waals surface area contributed by atoms with Gasteiger partial charge in [-0.05, 0) is 41.9 Å². The van der Waals surface area contributed by atoms with Crippen LogP contribution in [-0.4, -0.2) is 59.4 Å². The first-order valence-corrected chi connectivity index (χ1v) is 15.5. The highest BCUT2D eigenvalue weighted by Gasteiger charge is 2.39. The van der Waals surface area contributed by atoms with Crippen molar-refractivity contribution in [2.24, 2.45) is 11.8 Å². The Morgan fingerprint density at radius 2 is 1.89 bits per heavy atom. The number of ketones is 1. The molecule has 6 nitrogen and oxygen atoms in total. The molecule has 214 valence electrons. The monoisotopic (exact) mass is 548 g/mol. The standard InChI is InChI=1S/C31H48O6S/c1-3-4-5-6-7-8-17-37-31(35)13-10-18-38-19-16-28-27(29(33)22-30(28)34)15-14-26(32)21-24-11-9-12-25(20-24)23-36-2/h9,11-12,14-15,20,26-29,32-33H,3-8,10,13,16-19,21-23H2,1-2H3/t26-,27-,28-,29-/m1/s1. The maximum Gasteiger partial charge on any atom is 0.305 e. The molecule has 2 rings (SSSR count). The molecule has 0 aromatic heterocycles. The number of esters is 1. The van der Waals surface area contributed by atoms with Gasteiger partial charge in [-0.15, -0.1) is 0 Å². The van der Waals surface area contributed by atoms with E-state index in [-0.39, 0.29) is 30.0 Å². The van der Waals surface area contributed by atoms with Gasteiger partial charge in [0, 0.05) is 38.2 Å². The molecule has 0 amide bonds. The van der Waals surface area contributed by atoms with Crippen LogP contribution in [0.5, 0.6) is 0 Å². The van der Waals surface area contributed by atoms with Crippen LogP contribution >= 0.6 is 11.8 Å². The van der Waals surface area contributed by atoms with Gasteiger partial charge in [-0.3, -0.25) is 9.59 Å². The van der Waals surface area contributed by atoms with E-state index >= 15 is 0 Å². The average Bonchev–Trinajstić information content (AvgIpc) is 3.16. The van der Waals surface area contributed by atoms with Crippen molar-refractivity contribution >= 4 is 23.5 Å². The summed E-state index contributed by atoms with van der Waals surface area (Å²) in [5.74, 6) is 1.12. The van der Waals surface area contributed by atoms with Gasteiger partial charge in [0.25, 0.3) is 0 Å². The van der Waals surface area contributed by atoms with Crippen molar-refractivity contribution in [3.05, 3.63) is 47.5 Å². The minimum absolute atomic E-state index is 0.0905. The van der Waals surface area contributed by atoms with E-state index in [1.807, 2.05) is 30.3 Å². The van der Waals surface area contributed by atoms with E-state index in [4.69, 9.17) is 9.47 Å². The average molecular weight is 549 g/mol. The minimum Gasteiger partial charge on any atom is -0.466 e. The quantitative estimate of drug-likeness (QED) is 0.123. The number of methoxy groups -OCH3 is 1. The Morgan fingerprint density at radius 1 is 1.13 bits per heavy atom. The zero-order valence-corrected chi connectivity index (χ0v) is 24.1. The largest absolute Gasteiger partial charge is 0.466 e. The van der Waals surface area contributed by atoms with E-state index in [1.54, 1.807) is 24.9 Å². The van der Waals surface area contributed by atoms with E-state index < -0.39 is 12.2 Å². The summed E-state index contributed by atoms with van der Waals surface area (Å²) in [4.78, 5) is 24.4. The Hall–Kier alpha value is -1.67. The first-order valence-electron chi connectivity index (χ1n) is 14.3. The van der Waals surface area contributed by atoms with E-state index in [2.05, 4.69) is 6.92 Å². The summed E-state index contributed by atoms with van der Waals surface area (Å²) in [5.41, 5.74) is 2.07. The van der Waals surface area contributed by atoms with Crippen molar-refractivity contribution in [3.8, 4) is 0 Å². The van der Waals surface area contributed by atoms with Crippen LogP contribution in [0.2, 0.25) is 0 Å². The molecule has 0 bridgehead atoms. The molecule has 1 aromatic carbocycles. The molecule has 0 heterocycles. The molecule has 0 spiro atoms. The molecule has 1 aliphatic rings. The van der Waals surface area contributed by atoms with Crippen LogP contribution in [0, 0.1) is 11.8 Å². The van der Waals surface area contributed by atoms with Crippen molar-refractivity contribution in [2.45, 2.75) is 96.4 Å². The number of carbonyl (C=O) groups is 2. The zero-order chi connectivity index (χ0) is 27.6. The van der Waals surface area contributed by atoms with Crippen molar-refractivity contribution in [1.82, 2.24) is 0 Å². The summed E-state index contributed by atoms with van der Waals surface area (Å²) in [6.45, 7) is 3.25. The normalized spacial score (nSPS) is 20.3. The number of benzene rings is 1. The number of hydrogen-bond acceptors (Lipinski definition) is 7. The second kappa shape index (κ2) is 19.4. The summed E-state index contributed by atoms with van der Waals surface area (Å²) >= 11 is 1.73. The van der Waals surface area contributed by atoms with E-state index in [9.17, 15) is 19.8 Å². The molecule has 0 unspecified atom stereocenters. The number of aliphatic hydroxyl groups is 2. The van der Waals surface area contributed by atoms with E-state index in [1.165, 1.54) is 25.7 Å². The van der Waals surface area contributed by atoms with Crippen LogP contribution in [0.15, 0.2) is 36.4 Å². The first kappa shape index (κ1) is 32.5. The maximum atomic E-state index is 12.5. The van der Waals surface area contributed by atoms with Gasteiger partial charge in [0.15, 0.2) is 0 Å². The van der Waals surface area contributed by atoms with Crippen LogP contribution in [-0.2, 0) is 32.1 Å². The SMILES string of the molecule is CCCCCCCCOC(=O)CCCSCC[C@H]1C(=O)C[C@@H](O)[C@@H]1C=C[C@@H](O)Cc1cccc(COC)c1. The molecule has 0 radical (unpaired) electrons. The molecule has 1 aliphatic carbocycles. The molecule has 4 atom stereocenters. The number of thioether (sulfide) groups is 1. The predicted molar refractivity (Wildman–Crippen MR) is 154 cm³/mol. The van der Waals surface area contributed by atoms with Gasteiger partial charge in [-0.2, -0.15) is 11.8 Å². The van der Waals surface area contributed by atoms with Gasteiger partial charge in [-0.1, -0.05) is 75.4 Å². The molecule has 1 saturated carbocycles. The highest BCUT2D eigenvalue weighted by Crippen LogP contribution is 2.34.